The average molecular weight is 315 g/mol. The van der Waals surface area contributed by atoms with Crippen molar-refractivity contribution in [3.8, 4) is 0 Å². The van der Waals surface area contributed by atoms with E-state index in [9.17, 15) is 4.79 Å². The fraction of sp³-hybridized carbons (Fsp3) is 0.533. The number of carbonyl (C=O) groups is 1. The van der Waals surface area contributed by atoms with Gasteiger partial charge in [-0.05, 0) is 38.1 Å². The Balaban J connectivity index is 0.00000200. The van der Waals surface area contributed by atoms with Gasteiger partial charge in [0.2, 0.25) is 5.91 Å². The summed E-state index contributed by atoms with van der Waals surface area (Å²) in [6.07, 6.45) is 1.87. The van der Waals surface area contributed by atoms with Crippen molar-refractivity contribution in [1.82, 2.24) is 5.32 Å². The highest BCUT2D eigenvalue weighted by atomic mass is 35.5. The van der Waals surface area contributed by atoms with Crippen LogP contribution in [0.4, 0.5) is 5.69 Å². The van der Waals surface area contributed by atoms with Gasteiger partial charge in [0.05, 0.1) is 5.69 Å². The molecule has 3 nitrogen and oxygen atoms in total. The molecule has 0 atom stereocenters. The van der Waals surface area contributed by atoms with Crippen LogP contribution < -0.4 is 10.6 Å². The summed E-state index contributed by atoms with van der Waals surface area (Å²) < 4.78 is 0. The fourth-order valence-corrected chi connectivity index (χ4v) is 3.16. The molecular weight excluding hydrogens is 292 g/mol. The molecule has 2 N–H and O–H groups in total. The number of thioether (sulfide) groups is 1. The summed E-state index contributed by atoms with van der Waals surface area (Å²) in [4.78, 5) is 13.4. The van der Waals surface area contributed by atoms with Crippen LogP contribution in [0.25, 0.3) is 0 Å². The molecule has 1 aromatic carbocycles. The molecule has 1 amide bonds. The molecule has 0 radical (unpaired) electrons. The summed E-state index contributed by atoms with van der Waals surface area (Å²) >= 11 is 1.79. The Kier molecular flexibility index (Phi) is 7.41. The number of hydrogen-bond donors (Lipinski definition) is 2. The standard InChI is InChI=1S/C15H22N2OS.ClH/c1-11(2)19-14-6-4-3-5-13(14)17-15(18)12-7-9-16-10-8-12;/h3-6,11-12,16H,7-10H2,1-2H3,(H,17,18);1H. The Morgan fingerprint density at radius 1 is 1.30 bits per heavy atom. The molecule has 20 heavy (non-hydrogen) atoms. The van der Waals surface area contributed by atoms with Gasteiger partial charge in [-0.15, -0.1) is 24.2 Å². The highest BCUT2D eigenvalue weighted by molar-refractivity contribution is 8.00. The van der Waals surface area contributed by atoms with Crippen LogP contribution in [-0.4, -0.2) is 24.2 Å². The van der Waals surface area contributed by atoms with E-state index >= 15 is 0 Å². The molecule has 1 heterocycles. The fourth-order valence-electron chi connectivity index (χ4n) is 2.25. The Hall–Kier alpha value is -0.710. The van der Waals surface area contributed by atoms with E-state index in [4.69, 9.17) is 0 Å². The van der Waals surface area contributed by atoms with Crippen molar-refractivity contribution in [2.24, 2.45) is 5.92 Å². The molecule has 1 saturated heterocycles. The van der Waals surface area contributed by atoms with Crippen LogP contribution in [0, 0.1) is 5.92 Å². The van der Waals surface area contributed by atoms with Crippen molar-refractivity contribution in [2.45, 2.75) is 36.8 Å². The third-order valence-electron chi connectivity index (χ3n) is 3.22. The summed E-state index contributed by atoms with van der Waals surface area (Å²) in [5.74, 6) is 0.316. The van der Waals surface area contributed by atoms with Crippen molar-refractivity contribution in [3.63, 3.8) is 0 Å². The molecular formula is C15H23ClN2OS. The highest BCUT2D eigenvalue weighted by Gasteiger charge is 2.21. The van der Waals surface area contributed by atoms with E-state index in [1.54, 1.807) is 11.8 Å². The largest absolute Gasteiger partial charge is 0.325 e. The first-order valence-corrected chi connectivity index (χ1v) is 7.82. The first-order valence-electron chi connectivity index (χ1n) is 6.94. The molecule has 1 aliphatic heterocycles. The summed E-state index contributed by atoms with van der Waals surface area (Å²) in [5, 5.41) is 6.90. The molecule has 0 saturated carbocycles. The quantitative estimate of drug-likeness (QED) is 0.835. The lowest BCUT2D eigenvalue weighted by atomic mass is 9.97. The lowest BCUT2D eigenvalue weighted by Gasteiger charge is -2.22. The SMILES string of the molecule is CC(C)Sc1ccccc1NC(=O)C1CCNCC1.Cl. The lowest BCUT2D eigenvalue weighted by molar-refractivity contribution is -0.120. The molecule has 0 aliphatic carbocycles. The van der Waals surface area contributed by atoms with Gasteiger partial charge in [-0.2, -0.15) is 0 Å². The van der Waals surface area contributed by atoms with Gasteiger partial charge in [0.25, 0.3) is 0 Å². The topological polar surface area (TPSA) is 41.1 Å². The summed E-state index contributed by atoms with van der Waals surface area (Å²) in [5.41, 5.74) is 0.949. The van der Waals surface area contributed by atoms with Gasteiger partial charge in [0.1, 0.15) is 0 Å². The number of amides is 1. The molecule has 0 bridgehead atoms. The third-order valence-corrected chi connectivity index (χ3v) is 4.30. The monoisotopic (exact) mass is 314 g/mol. The second kappa shape index (κ2) is 8.55. The zero-order valence-electron chi connectivity index (χ0n) is 12.0. The maximum atomic E-state index is 12.3. The van der Waals surface area contributed by atoms with E-state index in [1.165, 1.54) is 0 Å². The van der Waals surface area contributed by atoms with Crippen LogP contribution in [0.5, 0.6) is 0 Å². The number of rotatable bonds is 4. The number of hydrogen-bond acceptors (Lipinski definition) is 3. The summed E-state index contributed by atoms with van der Waals surface area (Å²) in [7, 11) is 0. The molecule has 1 aliphatic rings. The van der Waals surface area contributed by atoms with Crippen LogP contribution in [0.3, 0.4) is 0 Å². The van der Waals surface area contributed by atoms with Crippen molar-refractivity contribution < 1.29 is 4.79 Å². The first kappa shape index (κ1) is 17.3. The number of halogens is 1. The van der Waals surface area contributed by atoms with E-state index in [1.807, 2.05) is 18.2 Å². The van der Waals surface area contributed by atoms with E-state index in [0.29, 0.717) is 5.25 Å². The van der Waals surface area contributed by atoms with E-state index in [0.717, 1.165) is 36.5 Å². The van der Waals surface area contributed by atoms with Gasteiger partial charge < -0.3 is 10.6 Å². The Labute approximate surface area is 131 Å². The minimum atomic E-state index is 0. The van der Waals surface area contributed by atoms with Crippen LogP contribution >= 0.6 is 24.2 Å². The molecule has 0 unspecified atom stereocenters. The molecule has 1 aromatic rings. The molecule has 112 valence electrons. The Morgan fingerprint density at radius 2 is 1.95 bits per heavy atom. The van der Waals surface area contributed by atoms with Crippen LogP contribution in [0.1, 0.15) is 26.7 Å². The smallest absolute Gasteiger partial charge is 0.227 e. The molecule has 5 heteroatoms. The van der Waals surface area contributed by atoms with Crippen LogP contribution in [0.15, 0.2) is 29.2 Å². The van der Waals surface area contributed by atoms with E-state index in [-0.39, 0.29) is 24.2 Å². The predicted molar refractivity (Wildman–Crippen MR) is 88.9 cm³/mol. The maximum absolute atomic E-state index is 12.3. The normalized spacial score (nSPS) is 15.8. The van der Waals surface area contributed by atoms with Crippen molar-refractivity contribution in [3.05, 3.63) is 24.3 Å². The van der Waals surface area contributed by atoms with Gasteiger partial charge in [-0.1, -0.05) is 26.0 Å². The zero-order valence-corrected chi connectivity index (χ0v) is 13.7. The summed E-state index contributed by atoms with van der Waals surface area (Å²) in [6.45, 7) is 6.22. The second-order valence-electron chi connectivity index (χ2n) is 5.18. The number of benzene rings is 1. The van der Waals surface area contributed by atoms with Gasteiger partial charge in [-0.3, -0.25) is 4.79 Å². The van der Waals surface area contributed by atoms with Crippen LogP contribution in [0.2, 0.25) is 0 Å². The minimum absolute atomic E-state index is 0. The number of anilines is 1. The number of nitrogens with one attached hydrogen (secondary N) is 2. The minimum Gasteiger partial charge on any atom is -0.325 e. The van der Waals surface area contributed by atoms with Gasteiger partial charge in [-0.25, -0.2) is 0 Å². The third kappa shape index (κ3) is 5.00. The van der Waals surface area contributed by atoms with Crippen molar-refractivity contribution in [1.29, 1.82) is 0 Å². The van der Waals surface area contributed by atoms with Crippen molar-refractivity contribution >= 4 is 35.8 Å². The first-order chi connectivity index (χ1) is 9.16. The van der Waals surface area contributed by atoms with Crippen LogP contribution in [-0.2, 0) is 4.79 Å². The number of carbonyl (C=O) groups excluding carboxylic acids is 1. The average Bonchev–Trinajstić information content (AvgIpc) is 2.41. The number of piperidine rings is 1. The summed E-state index contributed by atoms with van der Waals surface area (Å²) in [6, 6.07) is 8.06. The predicted octanol–water partition coefficient (Wildman–Crippen LogP) is 3.55. The molecule has 1 fully saturated rings. The van der Waals surface area contributed by atoms with E-state index in [2.05, 4.69) is 30.5 Å². The highest BCUT2D eigenvalue weighted by Crippen LogP contribution is 2.30. The maximum Gasteiger partial charge on any atom is 0.227 e. The van der Waals surface area contributed by atoms with Gasteiger partial charge >= 0.3 is 0 Å². The molecule has 0 spiro atoms. The zero-order chi connectivity index (χ0) is 13.7. The Morgan fingerprint density at radius 3 is 2.60 bits per heavy atom. The van der Waals surface area contributed by atoms with Gasteiger partial charge in [0, 0.05) is 16.1 Å². The molecule has 2 rings (SSSR count). The van der Waals surface area contributed by atoms with Gasteiger partial charge in [0.15, 0.2) is 0 Å². The lowest BCUT2D eigenvalue weighted by Crippen LogP contribution is -2.34. The van der Waals surface area contributed by atoms with E-state index < -0.39 is 0 Å². The molecule has 0 aromatic heterocycles. The Bertz CT molecular complexity index is 434. The van der Waals surface area contributed by atoms with Crippen molar-refractivity contribution in [2.75, 3.05) is 18.4 Å². The second-order valence-corrected chi connectivity index (χ2v) is 6.79. The number of para-hydroxylation sites is 1.